The van der Waals surface area contributed by atoms with Crippen molar-refractivity contribution in [3.8, 4) is 0 Å². The molecule has 2 atom stereocenters. The molecule has 2 aromatic carbocycles. The molecule has 3 rings (SSSR count). The fourth-order valence-electron chi connectivity index (χ4n) is 3.61. The molecule has 1 amide bonds. The number of carbonyl (C=O) groups excluding carboxylic acids is 1. The molecule has 2 aromatic rings. The summed E-state index contributed by atoms with van der Waals surface area (Å²) in [6.07, 6.45) is 0.586. The highest BCUT2D eigenvalue weighted by Crippen LogP contribution is 2.24. The van der Waals surface area contributed by atoms with Gasteiger partial charge in [-0.1, -0.05) is 61.0 Å². The van der Waals surface area contributed by atoms with Crippen molar-refractivity contribution in [1.82, 2.24) is 10.2 Å². The molecule has 0 radical (unpaired) electrons. The lowest BCUT2D eigenvalue weighted by Crippen LogP contribution is -2.44. The Balaban J connectivity index is 1.74. The first-order chi connectivity index (χ1) is 13.4. The molecule has 0 aliphatic carbocycles. The number of sulfone groups is 1. The second-order valence-electron chi connectivity index (χ2n) is 7.08. The SMILES string of the molecule is CCN(CC(=O)N[C@@H](c1ccccc1)c1ccc(Cl)cc1)[C@H]1CCS(=O)(=O)C1. The van der Waals surface area contributed by atoms with Gasteiger partial charge in [0, 0.05) is 11.1 Å². The number of hydrogen-bond acceptors (Lipinski definition) is 4. The largest absolute Gasteiger partial charge is 0.344 e. The summed E-state index contributed by atoms with van der Waals surface area (Å²) in [5, 5.41) is 3.75. The van der Waals surface area contributed by atoms with Crippen molar-refractivity contribution in [3.05, 3.63) is 70.7 Å². The Morgan fingerprint density at radius 2 is 1.79 bits per heavy atom. The van der Waals surface area contributed by atoms with Gasteiger partial charge in [-0.15, -0.1) is 0 Å². The van der Waals surface area contributed by atoms with Gasteiger partial charge in [-0.2, -0.15) is 0 Å². The lowest BCUT2D eigenvalue weighted by molar-refractivity contribution is -0.123. The van der Waals surface area contributed by atoms with E-state index in [1.165, 1.54) is 0 Å². The molecule has 0 unspecified atom stereocenters. The van der Waals surface area contributed by atoms with E-state index >= 15 is 0 Å². The van der Waals surface area contributed by atoms with Gasteiger partial charge in [-0.05, 0) is 36.2 Å². The molecular weight excluding hydrogens is 396 g/mol. The molecule has 1 heterocycles. The maximum absolute atomic E-state index is 12.8. The van der Waals surface area contributed by atoms with Crippen LogP contribution in [0.3, 0.4) is 0 Å². The van der Waals surface area contributed by atoms with Gasteiger partial charge in [0.05, 0.1) is 24.1 Å². The maximum Gasteiger partial charge on any atom is 0.234 e. The Kier molecular flexibility index (Phi) is 6.75. The third kappa shape index (κ3) is 5.34. The number of hydrogen-bond donors (Lipinski definition) is 1. The summed E-state index contributed by atoms with van der Waals surface area (Å²) in [6.45, 7) is 2.75. The minimum absolute atomic E-state index is 0.0912. The van der Waals surface area contributed by atoms with E-state index in [0.29, 0.717) is 18.0 Å². The van der Waals surface area contributed by atoms with Crippen molar-refractivity contribution in [2.24, 2.45) is 0 Å². The monoisotopic (exact) mass is 420 g/mol. The number of nitrogens with one attached hydrogen (secondary N) is 1. The molecule has 7 heteroatoms. The zero-order chi connectivity index (χ0) is 20.1. The topological polar surface area (TPSA) is 66.5 Å². The number of halogens is 1. The molecule has 1 saturated heterocycles. The predicted molar refractivity (Wildman–Crippen MR) is 112 cm³/mol. The second kappa shape index (κ2) is 9.07. The zero-order valence-corrected chi connectivity index (χ0v) is 17.4. The van der Waals surface area contributed by atoms with Gasteiger partial charge in [0.1, 0.15) is 0 Å². The van der Waals surface area contributed by atoms with E-state index in [0.717, 1.165) is 11.1 Å². The van der Waals surface area contributed by atoms with Crippen molar-refractivity contribution < 1.29 is 13.2 Å². The van der Waals surface area contributed by atoms with Crippen molar-refractivity contribution >= 4 is 27.3 Å². The molecule has 0 bridgehead atoms. The fourth-order valence-corrected chi connectivity index (χ4v) is 5.50. The van der Waals surface area contributed by atoms with Gasteiger partial charge in [-0.25, -0.2) is 8.42 Å². The van der Waals surface area contributed by atoms with E-state index < -0.39 is 9.84 Å². The quantitative estimate of drug-likeness (QED) is 0.747. The van der Waals surface area contributed by atoms with Crippen molar-refractivity contribution in [2.75, 3.05) is 24.6 Å². The normalized spacial score (nSPS) is 19.5. The van der Waals surface area contributed by atoms with E-state index in [-0.39, 0.29) is 36.0 Å². The first-order valence-electron chi connectivity index (χ1n) is 9.42. The van der Waals surface area contributed by atoms with Crippen LogP contribution in [0.15, 0.2) is 54.6 Å². The molecule has 1 N–H and O–H groups in total. The van der Waals surface area contributed by atoms with E-state index in [9.17, 15) is 13.2 Å². The minimum Gasteiger partial charge on any atom is -0.344 e. The van der Waals surface area contributed by atoms with Crippen LogP contribution >= 0.6 is 11.6 Å². The van der Waals surface area contributed by atoms with Crippen LogP contribution in [0.2, 0.25) is 5.02 Å². The average Bonchev–Trinajstić information content (AvgIpc) is 3.05. The number of carbonyl (C=O) groups is 1. The summed E-state index contributed by atoms with van der Waals surface area (Å²) in [6, 6.07) is 16.8. The second-order valence-corrected chi connectivity index (χ2v) is 9.75. The molecule has 1 aliphatic heterocycles. The summed E-state index contributed by atoms with van der Waals surface area (Å²) >= 11 is 6.01. The fraction of sp³-hybridized carbons (Fsp3) is 0.381. The van der Waals surface area contributed by atoms with E-state index in [1.54, 1.807) is 12.1 Å². The van der Waals surface area contributed by atoms with E-state index in [2.05, 4.69) is 5.32 Å². The van der Waals surface area contributed by atoms with Crippen molar-refractivity contribution in [1.29, 1.82) is 0 Å². The molecule has 1 aliphatic rings. The van der Waals surface area contributed by atoms with Crippen molar-refractivity contribution in [2.45, 2.75) is 25.4 Å². The standard InChI is InChI=1S/C21H25ClN2O3S/c1-2-24(19-12-13-28(26,27)15-19)14-20(25)23-21(16-6-4-3-5-7-16)17-8-10-18(22)11-9-17/h3-11,19,21H,2,12-15H2,1H3,(H,23,25)/t19-,21-/m0/s1. The summed E-state index contributed by atoms with van der Waals surface area (Å²) < 4.78 is 23.6. The van der Waals surface area contributed by atoms with Crippen LogP contribution in [0.5, 0.6) is 0 Å². The molecule has 1 fully saturated rings. The Bertz CT molecular complexity index is 901. The van der Waals surface area contributed by atoms with Crippen LogP contribution in [0, 0.1) is 0 Å². The van der Waals surface area contributed by atoms with Crippen molar-refractivity contribution in [3.63, 3.8) is 0 Å². The van der Waals surface area contributed by atoms with Crippen LogP contribution in [0.4, 0.5) is 0 Å². The number of amides is 1. The Labute approximate surface area is 171 Å². The van der Waals surface area contributed by atoms with E-state index in [4.69, 9.17) is 11.6 Å². The van der Waals surface area contributed by atoms with Gasteiger partial charge in [-0.3, -0.25) is 9.69 Å². The lowest BCUT2D eigenvalue weighted by Gasteiger charge is -2.27. The van der Waals surface area contributed by atoms with Gasteiger partial charge in [0.2, 0.25) is 5.91 Å². The third-order valence-corrected chi connectivity index (χ3v) is 7.12. The first kappa shape index (κ1) is 20.8. The van der Waals surface area contributed by atoms with Crippen LogP contribution < -0.4 is 5.32 Å². The highest BCUT2D eigenvalue weighted by molar-refractivity contribution is 7.91. The minimum atomic E-state index is -2.99. The van der Waals surface area contributed by atoms with Gasteiger partial charge in [0.25, 0.3) is 0 Å². The van der Waals surface area contributed by atoms with Gasteiger partial charge < -0.3 is 5.32 Å². The maximum atomic E-state index is 12.8. The summed E-state index contributed by atoms with van der Waals surface area (Å²) in [5.74, 6) is 0.204. The number of rotatable bonds is 7. The third-order valence-electron chi connectivity index (χ3n) is 5.12. The lowest BCUT2D eigenvalue weighted by atomic mass is 9.98. The summed E-state index contributed by atoms with van der Waals surface area (Å²) in [7, 11) is -2.99. The molecular formula is C21H25ClN2O3S. The number of likely N-dealkylation sites (N-methyl/N-ethyl adjacent to an activating group) is 1. The smallest absolute Gasteiger partial charge is 0.234 e. The van der Waals surface area contributed by atoms with Crippen LogP contribution in [-0.4, -0.2) is 49.9 Å². The number of nitrogens with zero attached hydrogens (tertiary/aromatic N) is 1. The van der Waals surface area contributed by atoms with E-state index in [1.807, 2.05) is 54.3 Å². The highest BCUT2D eigenvalue weighted by atomic mass is 35.5. The van der Waals surface area contributed by atoms with Crippen LogP contribution in [-0.2, 0) is 14.6 Å². The van der Waals surface area contributed by atoms with Gasteiger partial charge in [0.15, 0.2) is 9.84 Å². The molecule has 5 nitrogen and oxygen atoms in total. The molecule has 150 valence electrons. The van der Waals surface area contributed by atoms with Crippen LogP contribution in [0.1, 0.15) is 30.5 Å². The summed E-state index contributed by atoms with van der Waals surface area (Å²) in [5.41, 5.74) is 1.92. The zero-order valence-electron chi connectivity index (χ0n) is 15.8. The molecule has 0 saturated carbocycles. The average molecular weight is 421 g/mol. The molecule has 28 heavy (non-hydrogen) atoms. The first-order valence-corrected chi connectivity index (χ1v) is 11.6. The summed E-state index contributed by atoms with van der Waals surface area (Å²) in [4.78, 5) is 14.8. The highest BCUT2D eigenvalue weighted by Gasteiger charge is 2.32. The van der Waals surface area contributed by atoms with Crippen LogP contribution in [0.25, 0.3) is 0 Å². The molecule has 0 aromatic heterocycles. The Morgan fingerprint density at radius 1 is 1.14 bits per heavy atom. The Morgan fingerprint density at radius 3 is 2.36 bits per heavy atom. The molecule has 0 spiro atoms. The Hall–Kier alpha value is -1.89. The predicted octanol–water partition coefficient (Wildman–Crippen LogP) is 3.05. The van der Waals surface area contributed by atoms with Gasteiger partial charge >= 0.3 is 0 Å². The number of benzene rings is 2.